The van der Waals surface area contributed by atoms with Gasteiger partial charge in [-0.05, 0) is 83.5 Å². The van der Waals surface area contributed by atoms with Crippen LogP contribution in [0.2, 0.25) is 0 Å². The summed E-state index contributed by atoms with van der Waals surface area (Å²) in [6.07, 6.45) is 70.7. The Hall–Kier alpha value is -2.89. The highest BCUT2D eigenvalue weighted by Crippen LogP contribution is 2.16. The second-order valence-corrected chi connectivity index (χ2v) is 19.5. The van der Waals surface area contributed by atoms with Gasteiger partial charge in [-0.2, -0.15) is 0 Å². The van der Waals surface area contributed by atoms with Crippen LogP contribution < -0.4 is 0 Å². The average molecular weight is 952 g/mol. The van der Waals surface area contributed by atoms with Gasteiger partial charge in [-0.1, -0.05) is 255 Å². The van der Waals surface area contributed by atoms with Crippen molar-refractivity contribution in [2.75, 3.05) is 13.2 Å². The monoisotopic (exact) mass is 951 g/mol. The lowest BCUT2D eigenvalue weighted by Crippen LogP contribution is -2.30. The Morgan fingerprint density at radius 1 is 0.309 bits per heavy atom. The summed E-state index contributed by atoms with van der Waals surface area (Å²) >= 11 is 0. The molecule has 0 aromatic carbocycles. The fourth-order valence-electron chi connectivity index (χ4n) is 8.37. The maximum Gasteiger partial charge on any atom is 0.306 e. The van der Waals surface area contributed by atoms with Gasteiger partial charge < -0.3 is 14.2 Å². The second-order valence-electron chi connectivity index (χ2n) is 19.5. The highest BCUT2D eigenvalue weighted by Gasteiger charge is 2.19. The van der Waals surface area contributed by atoms with E-state index in [0.29, 0.717) is 19.3 Å². The third-order valence-corrected chi connectivity index (χ3v) is 12.8. The molecular formula is C62H110O6. The summed E-state index contributed by atoms with van der Waals surface area (Å²) in [6, 6.07) is 0. The molecule has 0 bridgehead atoms. The van der Waals surface area contributed by atoms with E-state index in [1.54, 1.807) is 0 Å². The smallest absolute Gasteiger partial charge is 0.306 e. The van der Waals surface area contributed by atoms with Gasteiger partial charge >= 0.3 is 17.9 Å². The summed E-state index contributed by atoms with van der Waals surface area (Å²) in [6.45, 7) is 6.53. The van der Waals surface area contributed by atoms with E-state index in [9.17, 15) is 14.4 Å². The number of ether oxygens (including phenoxy) is 3. The zero-order valence-corrected chi connectivity index (χ0v) is 45.1. The average Bonchev–Trinajstić information content (AvgIpc) is 3.34. The molecule has 0 fully saturated rings. The Morgan fingerprint density at radius 3 is 0.926 bits per heavy atom. The highest BCUT2D eigenvalue weighted by atomic mass is 16.6. The molecule has 1 atom stereocenters. The lowest BCUT2D eigenvalue weighted by atomic mass is 10.0. The van der Waals surface area contributed by atoms with Crippen molar-refractivity contribution in [2.45, 2.75) is 303 Å². The molecule has 0 N–H and O–H groups in total. The van der Waals surface area contributed by atoms with Crippen molar-refractivity contribution in [2.24, 2.45) is 0 Å². The first-order chi connectivity index (χ1) is 33.5. The molecule has 6 heteroatoms. The van der Waals surface area contributed by atoms with Gasteiger partial charge in [0.1, 0.15) is 13.2 Å². The van der Waals surface area contributed by atoms with Crippen LogP contribution in [0.1, 0.15) is 297 Å². The number of rotatable bonds is 53. The number of hydrogen-bond donors (Lipinski definition) is 0. The van der Waals surface area contributed by atoms with Crippen LogP contribution >= 0.6 is 0 Å². The number of esters is 3. The third kappa shape index (κ3) is 54.1. The van der Waals surface area contributed by atoms with E-state index >= 15 is 0 Å². The topological polar surface area (TPSA) is 78.9 Å². The number of allylic oxidation sites excluding steroid dienone is 10. The van der Waals surface area contributed by atoms with Crippen molar-refractivity contribution >= 4 is 17.9 Å². The molecule has 1 unspecified atom stereocenters. The van der Waals surface area contributed by atoms with E-state index < -0.39 is 6.10 Å². The summed E-state index contributed by atoms with van der Waals surface area (Å²) in [7, 11) is 0. The van der Waals surface area contributed by atoms with Crippen molar-refractivity contribution in [3.8, 4) is 0 Å². The quantitative estimate of drug-likeness (QED) is 0.0262. The lowest BCUT2D eigenvalue weighted by Gasteiger charge is -2.18. The molecule has 0 heterocycles. The van der Waals surface area contributed by atoms with Gasteiger partial charge in [0.25, 0.3) is 0 Å². The van der Waals surface area contributed by atoms with Gasteiger partial charge in [-0.15, -0.1) is 0 Å². The van der Waals surface area contributed by atoms with Crippen LogP contribution in [0.15, 0.2) is 60.8 Å². The van der Waals surface area contributed by atoms with Crippen molar-refractivity contribution in [3.05, 3.63) is 60.8 Å². The third-order valence-electron chi connectivity index (χ3n) is 12.8. The van der Waals surface area contributed by atoms with Gasteiger partial charge in [0.15, 0.2) is 6.10 Å². The molecule has 6 nitrogen and oxygen atoms in total. The minimum Gasteiger partial charge on any atom is -0.462 e. The van der Waals surface area contributed by atoms with Crippen molar-refractivity contribution in [1.29, 1.82) is 0 Å². The van der Waals surface area contributed by atoms with Crippen LogP contribution in [0.4, 0.5) is 0 Å². The minimum atomic E-state index is -0.784. The van der Waals surface area contributed by atoms with Crippen molar-refractivity contribution in [3.63, 3.8) is 0 Å². The molecule has 0 saturated heterocycles. The molecule has 0 aliphatic heterocycles. The first-order valence-electron chi connectivity index (χ1n) is 29.3. The number of carbonyl (C=O) groups is 3. The molecule has 0 rings (SSSR count). The molecule has 0 aromatic rings. The number of hydrogen-bond acceptors (Lipinski definition) is 6. The minimum absolute atomic E-state index is 0.0840. The zero-order chi connectivity index (χ0) is 49.3. The van der Waals surface area contributed by atoms with Crippen molar-refractivity contribution in [1.82, 2.24) is 0 Å². The molecule has 0 aliphatic rings. The van der Waals surface area contributed by atoms with Gasteiger partial charge in [0.2, 0.25) is 0 Å². The van der Waals surface area contributed by atoms with E-state index in [-0.39, 0.29) is 31.1 Å². The Kier molecular flexibility index (Phi) is 54.3. The number of unbranched alkanes of at least 4 members (excludes halogenated alkanes) is 32. The molecular weight excluding hydrogens is 841 g/mol. The first-order valence-corrected chi connectivity index (χ1v) is 29.3. The van der Waals surface area contributed by atoms with E-state index in [4.69, 9.17) is 14.2 Å². The van der Waals surface area contributed by atoms with Crippen molar-refractivity contribution < 1.29 is 28.6 Å². The van der Waals surface area contributed by atoms with E-state index in [2.05, 4.69) is 81.5 Å². The lowest BCUT2D eigenvalue weighted by molar-refractivity contribution is -0.167. The SMILES string of the molecule is CC/C=C\C/C=C\C/C=C\C/C=C\CCCCCCCCC(=O)OCC(COC(=O)CCCCC/C=C\CCCCCCCC)OC(=O)CCCCCCCCCCCCCCCCCCCC. The predicted molar refractivity (Wildman–Crippen MR) is 293 cm³/mol. The second kappa shape index (κ2) is 56.7. The first kappa shape index (κ1) is 65.1. The normalized spacial score (nSPS) is 12.5. The Morgan fingerprint density at radius 2 is 0.574 bits per heavy atom. The molecule has 394 valence electrons. The molecule has 0 saturated carbocycles. The highest BCUT2D eigenvalue weighted by molar-refractivity contribution is 5.71. The summed E-state index contributed by atoms with van der Waals surface area (Å²) in [5.74, 6) is -0.899. The van der Waals surface area contributed by atoms with Gasteiger partial charge in [0, 0.05) is 19.3 Å². The molecule has 0 spiro atoms. The fourth-order valence-corrected chi connectivity index (χ4v) is 8.37. The standard InChI is InChI=1S/C62H110O6/c1-4-7-10-13-16-19-22-25-27-29-31-33-34-37-40-43-46-49-52-55-61(64)67-58-59(57-66-60(63)54-51-48-45-42-39-36-24-21-18-15-12-9-6-3)68-62(65)56-53-50-47-44-41-38-35-32-30-28-26-23-20-17-14-11-8-5-2/h7,10,16,19,25,27,31,33,36,39,59H,4-6,8-9,11-15,17-18,20-24,26,28-30,32,34-35,37-38,40-58H2,1-3H3/b10-7-,19-16-,27-25-,33-31-,39-36-. The Bertz CT molecular complexity index is 1230. The summed E-state index contributed by atoms with van der Waals surface area (Å²) in [4.78, 5) is 38.2. The van der Waals surface area contributed by atoms with E-state index in [1.807, 2.05) is 0 Å². The van der Waals surface area contributed by atoms with Crippen LogP contribution in [-0.4, -0.2) is 37.2 Å². The van der Waals surface area contributed by atoms with Gasteiger partial charge in [0.05, 0.1) is 0 Å². The molecule has 0 radical (unpaired) electrons. The van der Waals surface area contributed by atoms with Crippen LogP contribution in [0, 0.1) is 0 Å². The maximum absolute atomic E-state index is 12.9. The van der Waals surface area contributed by atoms with Gasteiger partial charge in [-0.3, -0.25) is 14.4 Å². The summed E-state index contributed by atoms with van der Waals surface area (Å²) < 4.78 is 16.9. The molecule has 0 aliphatic carbocycles. The Balaban J connectivity index is 4.37. The van der Waals surface area contributed by atoms with Crippen LogP contribution in [0.3, 0.4) is 0 Å². The predicted octanol–water partition coefficient (Wildman–Crippen LogP) is 19.6. The van der Waals surface area contributed by atoms with E-state index in [1.165, 1.54) is 154 Å². The van der Waals surface area contributed by atoms with Gasteiger partial charge in [-0.25, -0.2) is 0 Å². The van der Waals surface area contributed by atoms with Crippen LogP contribution in [0.5, 0.6) is 0 Å². The Labute approximate surface area is 421 Å². The molecule has 0 aromatic heterocycles. The maximum atomic E-state index is 12.9. The number of carbonyl (C=O) groups excluding carboxylic acids is 3. The van der Waals surface area contributed by atoms with Crippen LogP contribution in [0.25, 0.3) is 0 Å². The van der Waals surface area contributed by atoms with E-state index in [0.717, 1.165) is 103 Å². The summed E-state index contributed by atoms with van der Waals surface area (Å²) in [5.41, 5.74) is 0. The molecule has 68 heavy (non-hydrogen) atoms. The largest absolute Gasteiger partial charge is 0.462 e. The van der Waals surface area contributed by atoms with Crippen LogP contribution in [-0.2, 0) is 28.6 Å². The summed E-state index contributed by atoms with van der Waals surface area (Å²) in [5, 5.41) is 0. The molecule has 0 amide bonds. The zero-order valence-electron chi connectivity index (χ0n) is 45.1. The fraction of sp³-hybridized carbons (Fsp3) is 0.790.